The summed E-state index contributed by atoms with van der Waals surface area (Å²) in [5.74, 6) is -2.14. The van der Waals surface area contributed by atoms with Gasteiger partial charge in [0.1, 0.15) is 6.04 Å². The van der Waals surface area contributed by atoms with Gasteiger partial charge in [-0.15, -0.1) is 0 Å². The van der Waals surface area contributed by atoms with Gasteiger partial charge in [-0.25, -0.2) is 4.39 Å². The predicted octanol–water partition coefficient (Wildman–Crippen LogP) is 0.196. The van der Waals surface area contributed by atoms with Crippen LogP contribution in [-0.2, 0) is 25.7 Å². The summed E-state index contributed by atoms with van der Waals surface area (Å²) >= 11 is 0. The molecule has 8 nitrogen and oxygen atoms in total. The topological polar surface area (TPSA) is 98.8 Å². The summed E-state index contributed by atoms with van der Waals surface area (Å²) in [6, 6.07) is 2.03. The zero-order valence-corrected chi connectivity index (χ0v) is 16.4. The molecule has 1 aromatic rings. The fourth-order valence-electron chi connectivity index (χ4n) is 5.54. The van der Waals surface area contributed by atoms with Crippen LogP contribution in [0.25, 0.3) is 0 Å². The number of aldehydes is 1. The van der Waals surface area contributed by atoms with Gasteiger partial charge in [0, 0.05) is 43.7 Å². The van der Waals surface area contributed by atoms with E-state index >= 15 is 4.39 Å². The number of fused-ring (bicyclic) bond motifs is 3. The van der Waals surface area contributed by atoms with Crippen LogP contribution in [0.5, 0.6) is 0 Å². The third-order valence-corrected chi connectivity index (χ3v) is 6.86. The number of amides is 2. The smallest absolute Gasteiger partial charge is 0.243 e. The lowest BCUT2D eigenvalue weighted by Crippen LogP contribution is -2.53. The average molecular weight is 414 g/mol. The lowest BCUT2D eigenvalue weighted by molar-refractivity contribution is -0.141. The van der Waals surface area contributed by atoms with Gasteiger partial charge >= 0.3 is 0 Å². The van der Waals surface area contributed by atoms with E-state index in [1.807, 2.05) is 0 Å². The van der Waals surface area contributed by atoms with E-state index in [9.17, 15) is 19.2 Å². The number of benzene rings is 1. The largest absolute Gasteiger partial charge is 0.361 e. The highest BCUT2D eigenvalue weighted by Crippen LogP contribution is 2.43. The predicted molar refractivity (Wildman–Crippen MR) is 104 cm³/mol. The highest BCUT2D eigenvalue weighted by molar-refractivity contribution is 6.27. The van der Waals surface area contributed by atoms with Crippen molar-refractivity contribution in [3.63, 3.8) is 0 Å². The summed E-state index contributed by atoms with van der Waals surface area (Å²) < 4.78 is 15.9. The van der Waals surface area contributed by atoms with Crippen molar-refractivity contribution in [3.8, 4) is 0 Å². The highest BCUT2D eigenvalue weighted by atomic mass is 19.1. The second-order valence-electron chi connectivity index (χ2n) is 8.48. The number of hydrogen-bond donors (Lipinski definition) is 2. The summed E-state index contributed by atoms with van der Waals surface area (Å²) in [4.78, 5) is 51.6. The van der Waals surface area contributed by atoms with Gasteiger partial charge < -0.3 is 10.2 Å². The molecule has 2 N–H and O–H groups in total. The number of nitrogens with zero attached hydrogens (tertiary/aromatic N) is 2. The van der Waals surface area contributed by atoms with Crippen LogP contribution < -0.4 is 15.5 Å². The van der Waals surface area contributed by atoms with Crippen LogP contribution in [0.1, 0.15) is 42.9 Å². The second-order valence-corrected chi connectivity index (χ2v) is 8.48. The van der Waals surface area contributed by atoms with Crippen molar-refractivity contribution < 1.29 is 23.6 Å². The van der Waals surface area contributed by atoms with E-state index in [2.05, 4.69) is 15.5 Å². The number of piperazine rings is 1. The molecule has 0 aliphatic carbocycles. The number of hydrogen-bond acceptors (Lipinski definition) is 7. The zero-order chi connectivity index (χ0) is 21.0. The number of anilines is 1. The Bertz CT molecular complexity index is 935. The molecular formula is C21H23FN4O4. The van der Waals surface area contributed by atoms with E-state index in [1.165, 1.54) is 0 Å². The molecule has 2 bridgehead atoms. The SMILES string of the molecule is O=CC(=O)C1c2c(ccc(N3C4CCC3CNC4)c2F)CN1C1CCC(=O)NC1=O. The Morgan fingerprint density at radius 3 is 2.53 bits per heavy atom. The highest BCUT2D eigenvalue weighted by Gasteiger charge is 2.46. The first kappa shape index (κ1) is 19.3. The second kappa shape index (κ2) is 7.24. The molecule has 0 saturated carbocycles. The summed E-state index contributed by atoms with van der Waals surface area (Å²) in [5.41, 5.74) is 1.24. The maximum absolute atomic E-state index is 15.9. The van der Waals surface area contributed by atoms with Crippen LogP contribution in [-0.4, -0.2) is 60.0 Å². The summed E-state index contributed by atoms with van der Waals surface area (Å²) in [6.45, 7) is 1.75. The van der Waals surface area contributed by atoms with Crippen molar-refractivity contribution in [3.05, 3.63) is 29.1 Å². The van der Waals surface area contributed by atoms with Crippen molar-refractivity contribution in [1.82, 2.24) is 15.5 Å². The molecule has 30 heavy (non-hydrogen) atoms. The summed E-state index contributed by atoms with van der Waals surface area (Å²) in [5, 5.41) is 5.65. The first-order chi connectivity index (χ1) is 14.5. The Kier molecular flexibility index (Phi) is 4.67. The van der Waals surface area contributed by atoms with Crippen molar-refractivity contribution in [2.45, 2.75) is 56.4 Å². The molecule has 4 aliphatic rings. The number of nitrogens with one attached hydrogen (secondary N) is 2. The van der Waals surface area contributed by atoms with Crippen molar-refractivity contribution in [2.75, 3.05) is 18.0 Å². The van der Waals surface area contributed by atoms with Crippen LogP contribution >= 0.6 is 0 Å². The number of carbonyl (C=O) groups excluding carboxylic acids is 4. The van der Waals surface area contributed by atoms with Crippen LogP contribution in [0.3, 0.4) is 0 Å². The molecular weight excluding hydrogens is 391 g/mol. The van der Waals surface area contributed by atoms with E-state index in [4.69, 9.17) is 0 Å². The molecule has 4 atom stereocenters. The van der Waals surface area contributed by atoms with Crippen LogP contribution in [0.15, 0.2) is 12.1 Å². The number of piperidine rings is 1. The van der Waals surface area contributed by atoms with Crippen LogP contribution in [0, 0.1) is 5.82 Å². The van der Waals surface area contributed by atoms with E-state index in [1.54, 1.807) is 17.0 Å². The molecule has 4 aliphatic heterocycles. The van der Waals surface area contributed by atoms with E-state index in [-0.39, 0.29) is 49.2 Å². The maximum atomic E-state index is 15.9. The molecule has 3 fully saturated rings. The van der Waals surface area contributed by atoms with Gasteiger partial charge in [0.15, 0.2) is 12.1 Å². The van der Waals surface area contributed by atoms with Crippen LogP contribution in [0.4, 0.5) is 10.1 Å². The van der Waals surface area contributed by atoms with Gasteiger partial charge in [-0.2, -0.15) is 0 Å². The monoisotopic (exact) mass is 414 g/mol. The number of Topliss-reactive ketones (excluding diaryl/α,β-unsaturated/α-hetero) is 1. The number of ketones is 1. The zero-order valence-electron chi connectivity index (χ0n) is 16.4. The Labute approximate surface area is 172 Å². The third-order valence-electron chi connectivity index (χ3n) is 6.86. The van der Waals surface area contributed by atoms with Gasteiger partial charge in [0.05, 0.1) is 11.7 Å². The minimum Gasteiger partial charge on any atom is -0.361 e. The standard InChI is InChI=1S/C21H23FN4O4/c22-19-14(26-12-2-3-13(26)8-23-7-12)4-1-11-9-25(20(18(11)19)16(28)10-27)15-5-6-17(29)24-21(15)30/h1,4,10,12-13,15,20,23H,2-3,5-9H2,(H,24,29,30). The lowest BCUT2D eigenvalue weighted by atomic mass is 9.97. The quantitative estimate of drug-likeness (QED) is 0.412. The van der Waals surface area contributed by atoms with Gasteiger partial charge in [-0.3, -0.25) is 29.4 Å². The molecule has 2 amide bonds. The van der Waals surface area contributed by atoms with Gasteiger partial charge in [0.25, 0.3) is 0 Å². The molecule has 0 spiro atoms. The normalized spacial score (nSPS) is 30.9. The minimum atomic E-state index is -1.15. The molecule has 3 saturated heterocycles. The first-order valence-electron chi connectivity index (χ1n) is 10.4. The van der Waals surface area contributed by atoms with Gasteiger partial charge in [-0.1, -0.05) is 6.07 Å². The van der Waals surface area contributed by atoms with E-state index < -0.39 is 29.6 Å². The molecule has 158 valence electrons. The van der Waals surface area contributed by atoms with E-state index in [0.29, 0.717) is 11.3 Å². The molecule has 4 heterocycles. The van der Waals surface area contributed by atoms with Crippen molar-refractivity contribution in [1.29, 1.82) is 0 Å². The molecule has 9 heteroatoms. The first-order valence-corrected chi connectivity index (χ1v) is 10.4. The number of halogens is 1. The Hall–Kier alpha value is -2.65. The minimum absolute atomic E-state index is 0.142. The summed E-state index contributed by atoms with van der Waals surface area (Å²) in [6.07, 6.45) is 2.53. The Morgan fingerprint density at radius 2 is 1.87 bits per heavy atom. The van der Waals surface area contributed by atoms with Gasteiger partial charge in [-0.05, 0) is 30.9 Å². The average Bonchev–Trinajstić information content (AvgIpc) is 3.22. The van der Waals surface area contributed by atoms with Crippen molar-refractivity contribution >= 4 is 29.6 Å². The fraction of sp³-hybridized carbons (Fsp3) is 0.524. The molecule has 1 aromatic carbocycles. The maximum Gasteiger partial charge on any atom is 0.243 e. The number of imide groups is 1. The fourth-order valence-corrected chi connectivity index (χ4v) is 5.54. The molecule has 4 unspecified atom stereocenters. The molecule has 0 radical (unpaired) electrons. The molecule has 5 rings (SSSR count). The van der Waals surface area contributed by atoms with Gasteiger partial charge in [0.2, 0.25) is 17.6 Å². The van der Waals surface area contributed by atoms with Crippen molar-refractivity contribution in [2.24, 2.45) is 0 Å². The molecule has 0 aromatic heterocycles. The number of carbonyl (C=O) groups is 4. The third kappa shape index (κ3) is 2.87. The summed E-state index contributed by atoms with van der Waals surface area (Å²) in [7, 11) is 0. The van der Waals surface area contributed by atoms with E-state index in [0.717, 1.165) is 25.9 Å². The lowest BCUT2D eigenvalue weighted by Gasteiger charge is -2.38. The number of rotatable bonds is 4. The Morgan fingerprint density at radius 1 is 1.13 bits per heavy atom. The van der Waals surface area contributed by atoms with Crippen LogP contribution in [0.2, 0.25) is 0 Å². The Balaban J connectivity index is 1.54.